The highest BCUT2D eigenvalue weighted by molar-refractivity contribution is 5.94. The Morgan fingerprint density at radius 2 is 1.86 bits per heavy atom. The summed E-state index contributed by atoms with van der Waals surface area (Å²) in [6.07, 6.45) is 4.23. The van der Waals surface area contributed by atoms with Gasteiger partial charge in [-0.15, -0.1) is 0 Å². The number of amides is 2. The third kappa shape index (κ3) is 3.95. The minimum absolute atomic E-state index is 0.0125. The summed E-state index contributed by atoms with van der Waals surface area (Å²) in [6.45, 7) is 8.92. The Bertz CT molecular complexity index is 919. The number of nitrogens with zero attached hydrogens (tertiary/aromatic N) is 4. The minimum atomic E-state index is -0.219. The fraction of sp³-hybridized carbons (Fsp3) is 0.455. The number of pyridine rings is 2. The van der Waals surface area contributed by atoms with Crippen molar-refractivity contribution in [3.05, 3.63) is 53.0 Å². The maximum absolute atomic E-state index is 12.9. The number of piperazine rings is 1. The molecule has 2 saturated heterocycles. The highest BCUT2D eigenvalue weighted by atomic mass is 16.2. The van der Waals surface area contributed by atoms with Gasteiger partial charge in [-0.2, -0.15) is 0 Å². The predicted molar refractivity (Wildman–Crippen MR) is 111 cm³/mol. The molecule has 1 unspecified atom stereocenters. The summed E-state index contributed by atoms with van der Waals surface area (Å²) < 4.78 is 0. The van der Waals surface area contributed by atoms with Gasteiger partial charge in [-0.3, -0.25) is 14.6 Å². The van der Waals surface area contributed by atoms with Crippen LogP contribution >= 0.6 is 0 Å². The Balaban J connectivity index is 1.39. The van der Waals surface area contributed by atoms with Crippen molar-refractivity contribution in [1.82, 2.24) is 20.2 Å². The van der Waals surface area contributed by atoms with Crippen molar-refractivity contribution < 1.29 is 9.59 Å². The van der Waals surface area contributed by atoms with Crippen LogP contribution in [-0.4, -0.2) is 58.9 Å². The molecule has 1 N–H and O–H groups in total. The summed E-state index contributed by atoms with van der Waals surface area (Å²) in [5.41, 5.74) is 3.61. The molecule has 0 spiro atoms. The quantitative estimate of drug-likeness (QED) is 0.864. The van der Waals surface area contributed by atoms with Gasteiger partial charge in [0.1, 0.15) is 5.82 Å². The molecule has 2 aliphatic rings. The van der Waals surface area contributed by atoms with Crippen molar-refractivity contribution in [1.29, 1.82) is 0 Å². The molecular formula is C22H27N5O2. The number of carbonyl (C=O) groups is 2. The Morgan fingerprint density at radius 1 is 1.10 bits per heavy atom. The fourth-order valence-electron chi connectivity index (χ4n) is 4.20. The molecule has 4 rings (SSSR count). The average molecular weight is 393 g/mol. The molecule has 7 nitrogen and oxygen atoms in total. The normalized spacial score (nSPS) is 22.0. The molecule has 2 aromatic heterocycles. The Labute approximate surface area is 171 Å². The van der Waals surface area contributed by atoms with Gasteiger partial charge in [0.15, 0.2) is 0 Å². The van der Waals surface area contributed by atoms with Crippen LogP contribution in [0.15, 0.2) is 30.6 Å². The summed E-state index contributed by atoms with van der Waals surface area (Å²) in [7, 11) is 0. The van der Waals surface area contributed by atoms with Crippen molar-refractivity contribution in [2.45, 2.75) is 39.2 Å². The molecule has 2 fully saturated rings. The zero-order valence-corrected chi connectivity index (χ0v) is 17.2. The average Bonchev–Trinajstić information content (AvgIpc) is 3.06. The van der Waals surface area contributed by atoms with E-state index in [4.69, 9.17) is 0 Å². The van der Waals surface area contributed by atoms with Crippen LogP contribution in [0, 0.1) is 13.8 Å². The molecule has 2 atom stereocenters. The van der Waals surface area contributed by atoms with E-state index >= 15 is 0 Å². The van der Waals surface area contributed by atoms with E-state index in [-0.39, 0.29) is 23.8 Å². The van der Waals surface area contributed by atoms with E-state index in [1.165, 1.54) is 0 Å². The molecule has 0 aromatic carbocycles. The molecule has 2 amide bonds. The smallest absolute Gasteiger partial charge is 0.255 e. The lowest BCUT2D eigenvalue weighted by atomic mass is 10.0. The second-order valence-corrected chi connectivity index (χ2v) is 8.10. The molecule has 4 heterocycles. The maximum Gasteiger partial charge on any atom is 0.255 e. The summed E-state index contributed by atoms with van der Waals surface area (Å²) in [5.74, 6) is 0.780. The van der Waals surface area contributed by atoms with Gasteiger partial charge < -0.3 is 15.1 Å². The first-order valence-corrected chi connectivity index (χ1v) is 10.2. The van der Waals surface area contributed by atoms with Gasteiger partial charge in [0.25, 0.3) is 5.91 Å². The summed E-state index contributed by atoms with van der Waals surface area (Å²) in [4.78, 5) is 38.0. The summed E-state index contributed by atoms with van der Waals surface area (Å²) in [5, 5.41) is 2.92. The maximum atomic E-state index is 12.9. The second-order valence-electron chi connectivity index (χ2n) is 8.10. The van der Waals surface area contributed by atoms with Crippen molar-refractivity contribution in [3.8, 4) is 0 Å². The SMILES string of the molecule is Cc1cnc(N2CCN(C(=O)c3ccc([C@@H]4CC(C)NC4=O)nc3)CC2)c(C)c1. The van der Waals surface area contributed by atoms with E-state index in [1.807, 2.05) is 31.0 Å². The molecule has 152 valence electrons. The van der Waals surface area contributed by atoms with Crippen LogP contribution in [0.1, 0.15) is 46.4 Å². The lowest BCUT2D eigenvalue weighted by Gasteiger charge is -2.36. The van der Waals surface area contributed by atoms with Gasteiger partial charge in [-0.1, -0.05) is 6.07 Å². The minimum Gasteiger partial charge on any atom is -0.353 e. The van der Waals surface area contributed by atoms with E-state index in [9.17, 15) is 9.59 Å². The van der Waals surface area contributed by atoms with Crippen molar-refractivity contribution in [3.63, 3.8) is 0 Å². The molecule has 0 radical (unpaired) electrons. The first-order valence-electron chi connectivity index (χ1n) is 10.2. The molecular weight excluding hydrogens is 366 g/mol. The zero-order valence-electron chi connectivity index (χ0n) is 17.2. The molecule has 29 heavy (non-hydrogen) atoms. The highest BCUT2D eigenvalue weighted by Gasteiger charge is 2.32. The first-order chi connectivity index (χ1) is 13.9. The van der Waals surface area contributed by atoms with Crippen LogP contribution in [0.4, 0.5) is 5.82 Å². The van der Waals surface area contributed by atoms with E-state index < -0.39 is 0 Å². The largest absolute Gasteiger partial charge is 0.353 e. The number of rotatable bonds is 3. The summed E-state index contributed by atoms with van der Waals surface area (Å²) in [6, 6.07) is 5.90. The van der Waals surface area contributed by atoms with Crippen molar-refractivity contribution in [2.24, 2.45) is 0 Å². The monoisotopic (exact) mass is 393 g/mol. The second kappa shape index (κ2) is 7.81. The highest BCUT2D eigenvalue weighted by Crippen LogP contribution is 2.25. The van der Waals surface area contributed by atoms with Crippen molar-refractivity contribution in [2.75, 3.05) is 31.1 Å². The van der Waals surface area contributed by atoms with Crippen LogP contribution in [-0.2, 0) is 4.79 Å². The standard InChI is InChI=1S/C22H27N5O2/c1-14-10-15(2)20(24-12-14)26-6-8-27(9-7-26)22(29)17-4-5-19(23-13-17)18-11-16(3)25-21(18)28/h4-5,10,12-13,16,18H,6-9,11H2,1-3H3,(H,25,28)/t16?,18-/m0/s1. The Kier molecular flexibility index (Phi) is 5.22. The number of hydrogen-bond donors (Lipinski definition) is 1. The summed E-state index contributed by atoms with van der Waals surface area (Å²) >= 11 is 0. The van der Waals surface area contributed by atoms with Gasteiger partial charge in [-0.25, -0.2) is 4.98 Å². The first kappa shape index (κ1) is 19.4. The van der Waals surface area contributed by atoms with Gasteiger partial charge in [-0.05, 0) is 50.5 Å². The lowest BCUT2D eigenvalue weighted by Crippen LogP contribution is -2.49. The molecule has 0 saturated carbocycles. The van der Waals surface area contributed by atoms with E-state index in [0.29, 0.717) is 18.7 Å². The van der Waals surface area contributed by atoms with Crippen LogP contribution in [0.5, 0.6) is 0 Å². The molecule has 0 bridgehead atoms. The van der Waals surface area contributed by atoms with Gasteiger partial charge >= 0.3 is 0 Å². The predicted octanol–water partition coefficient (Wildman–Crippen LogP) is 2.05. The van der Waals surface area contributed by atoms with Crippen LogP contribution in [0.3, 0.4) is 0 Å². The van der Waals surface area contributed by atoms with E-state index in [0.717, 1.165) is 42.1 Å². The molecule has 0 aliphatic carbocycles. The third-order valence-corrected chi connectivity index (χ3v) is 5.74. The number of anilines is 1. The van der Waals surface area contributed by atoms with Gasteiger partial charge in [0.2, 0.25) is 5.91 Å². The topological polar surface area (TPSA) is 78.4 Å². The number of aryl methyl sites for hydroxylation is 2. The van der Waals surface area contributed by atoms with Crippen molar-refractivity contribution >= 4 is 17.6 Å². The van der Waals surface area contributed by atoms with Crippen LogP contribution in [0.2, 0.25) is 0 Å². The van der Waals surface area contributed by atoms with E-state index in [1.54, 1.807) is 12.3 Å². The molecule has 2 aromatic rings. The van der Waals surface area contributed by atoms with Gasteiger partial charge in [0.05, 0.1) is 17.2 Å². The van der Waals surface area contributed by atoms with E-state index in [2.05, 4.69) is 33.2 Å². The number of hydrogen-bond acceptors (Lipinski definition) is 5. The van der Waals surface area contributed by atoms with Crippen LogP contribution < -0.4 is 10.2 Å². The van der Waals surface area contributed by atoms with Crippen LogP contribution in [0.25, 0.3) is 0 Å². The fourth-order valence-corrected chi connectivity index (χ4v) is 4.20. The lowest BCUT2D eigenvalue weighted by molar-refractivity contribution is -0.120. The Hall–Kier alpha value is -2.96. The third-order valence-electron chi connectivity index (χ3n) is 5.74. The zero-order chi connectivity index (χ0) is 20.5. The molecule has 2 aliphatic heterocycles. The number of carbonyl (C=O) groups excluding carboxylic acids is 2. The van der Waals surface area contributed by atoms with Gasteiger partial charge in [0, 0.05) is 44.6 Å². The Morgan fingerprint density at radius 3 is 2.45 bits per heavy atom. The molecule has 7 heteroatoms. The number of nitrogens with one attached hydrogen (secondary N) is 1. The number of aromatic nitrogens is 2.